The van der Waals surface area contributed by atoms with Crippen LogP contribution in [-0.2, 0) is 22.7 Å². The highest BCUT2D eigenvalue weighted by atomic mass is 35.5. The molecule has 1 aromatic carbocycles. The van der Waals surface area contributed by atoms with E-state index in [2.05, 4.69) is 0 Å². The van der Waals surface area contributed by atoms with E-state index in [9.17, 15) is 21.6 Å². The highest BCUT2D eigenvalue weighted by molar-refractivity contribution is 7.89. The first kappa shape index (κ1) is 16.3. The lowest BCUT2D eigenvalue weighted by Gasteiger charge is -2.16. The van der Waals surface area contributed by atoms with Gasteiger partial charge in [-0.15, -0.1) is 11.6 Å². The van der Waals surface area contributed by atoms with Crippen LogP contribution in [0, 0.1) is 0 Å². The second-order valence-corrected chi connectivity index (χ2v) is 6.53. The summed E-state index contributed by atoms with van der Waals surface area (Å²) in [4.78, 5) is 0. The lowest BCUT2D eigenvalue weighted by molar-refractivity contribution is -0.137. The molecule has 0 aromatic heterocycles. The third kappa shape index (κ3) is 4.67. The van der Waals surface area contributed by atoms with Crippen LogP contribution in [0.5, 0.6) is 0 Å². The second kappa shape index (κ2) is 6.11. The molecule has 0 aliphatic rings. The number of benzene rings is 1. The molecule has 1 rings (SSSR count). The smallest absolute Gasteiger partial charge is 0.212 e. The molecule has 3 nitrogen and oxygen atoms in total. The molecule has 0 fully saturated rings. The monoisotopic (exact) mass is 315 g/mol. The number of hydrogen-bond donors (Lipinski definition) is 0. The lowest BCUT2D eigenvalue weighted by Crippen LogP contribution is -2.29. The predicted molar refractivity (Wildman–Crippen MR) is 67.4 cm³/mol. The third-order valence-electron chi connectivity index (χ3n) is 2.50. The molecule has 0 radical (unpaired) electrons. The summed E-state index contributed by atoms with van der Waals surface area (Å²) in [6.45, 7) is 0.0113. The molecule has 108 valence electrons. The molecule has 19 heavy (non-hydrogen) atoms. The van der Waals surface area contributed by atoms with Crippen LogP contribution in [0.1, 0.15) is 11.1 Å². The Morgan fingerprint density at radius 2 is 1.74 bits per heavy atom. The van der Waals surface area contributed by atoms with Gasteiger partial charge in [0.1, 0.15) is 0 Å². The van der Waals surface area contributed by atoms with Gasteiger partial charge in [-0.2, -0.15) is 13.2 Å². The van der Waals surface area contributed by atoms with Crippen molar-refractivity contribution in [2.75, 3.05) is 18.7 Å². The molecule has 0 aliphatic heterocycles. The minimum absolute atomic E-state index is 0.0113. The van der Waals surface area contributed by atoms with E-state index in [1.165, 1.54) is 19.2 Å². The zero-order valence-corrected chi connectivity index (χ0v) is 11.7. The van der Waals surface area contributed by atoms with Crippen LogP contribution in [0.4, 0.5) is 13.2 Å². The number of alkyl halides is 4. The van der Waals surface area contributed by atoms with Crippen LogP contribution < -0.4 is 0 Å². The van der Waals surface area contributed by atoms with Crippen molar-refractivity contribution in [3.63, 3.8) is 0 Å². The van der Waals surface area contributed by atoms with Gasteiger partial charge in [-0.05, 0) is 17.7 Å². The summed E-state index contributed by atoms with van der Waals surface area (Å²) < 4.78 is 61.4. The zero-order valence-electron chi connectivity index (χ0n) is 10.1. The minimum Gasteiger partial charge on any atom is -0.212 e. The molecular formula is C11H13ClF3NO2S. The second-order valence-electron chi connectivity index (χ2n) is 3.96. The maximum atomic E-state index is 12.4. The highest BCUT2D eigenvalue weighted by Crippen LogP contribution is 2.29. The summed E-state index contributed by atoms with van der Waals surface area (Å²) in [5.41, 5.74) is -0.281. The first-order valence-corrected chi connectivity index (χ1v) is 7.47. The van der Waals surface area contributed by atoms with Gasteiger partial charge in [0.15, 0.2) is 0 Å². The van der Waals surface area contributed by atoms with Gasteiger partial charge >= 0.3 is 6.18 Å². The highest BCUT2D eigenvalue weighted by Gasteiger charge is 2.30. The van der Waals surface area contributed by atoms with Crippen LogP contribution in [0.2, 0.25) is 0 Å². The van der Waals surface area contributed by atoms with Crippen LogP contribution in [-0.4, -0.2) is 31.4 Å². The van der Waals surface area contributed by atoms with Crippen molar-refractivity contribution in [1.82, 2.24) is 4.31 Å². The van der Waals surface area contributed by atoms with Crippen LogP contribution in [0.15, 0.2) is 24.3 Å². The van der Waals surface area contributed by atoms with Crippen molar-refractivity contribution < 1.29 is 21.6 Å². The zero-order chi connectivity index (χ0) is 14.7. The number of halogens is 4. The van der Waals surface area contributed by atoms with E-state index >= 15 is 0 Å². The SMILES string of the molecule is CN(Cc1ccc(C(F)(F)F)cc1)S(=O)(=O)CCCl. The summed E-state index contributed by atoms with van der Waals surface area (Å²) >= 11 is 5.37. The molecule has 0 N–H and O–H groups in total. The molecule has 0 heterocycles. The van der Waals surface area contributed by atoms with E-state index in [0.717, 1.165) is 16.4 Å². The maximum absolute atomic E-state index is 12.4. The first-order chi connectivity index (χ1) is 8.66. The average Bonchev–Trinajstić information content (AvgIpc) is 2.28. The standard InChI is InChI=1S/C11H13ClF3NO2S/c1-16(19(17,18)7-6-12)8-9-2-4-10(5-3-9)11(13,14)15/h2-5H,6-8H2,1H3. The molecule has 0 aliphatic carbocycles. The van der Waals surface area contributed by atoms with E-state index in [0.29, 0.717) is 5.56 Å². The Bertz CT molecular complexity index is 514. The Morgan fingerprint density at radius 3 is 2.16 bits per heavy atom. The molecule has 0 atom stereocenters. The van der Waals surface area contributed by atoms with Gasteiger partial charge in [0.2, 0.25) is 10.0 Å². The maximum Gasteiger partial charge on any atom is 0.416 e. The van der Waals surface area contributed by atoms with Gasteiger partial charge in [0.05, 0.1) is 11.3 Å². The van der Waals surface area contributed by atoms with E-state index in [4.69, 9.17) is 11.6 Å². The Labute approximate surface area is 115 Å². The predicted octanol–water partition coefficient (Wildman–Crippen LogP) is 2.71. The molecule has 0 amide bonds. The number of hydrogen-bond acceptors (Lipinski definition) is 2. The van der Waals surface area contributed by atoms with Crippen molar-refractivity contribution in [1.29, 1.82) is 0 Å². The summed E-state index contributed by atoms with van der Waals surface area (Å²) in [6, 6.07) is 4.37. The Balaban J connectivity index is 2.79. The van der Waals surface area contributed by atoms with Gasteiger partial charge in [-0.3, -0.25) is 0 Å². The Hall–Kier alpha value is -0.790. The lowest BCUT2D eigenvalue weighted by atomic mass is 10.1. The molecule has 1 aromatic rings. The van der Waals surface area contributed by atoms with Crippen molar-refractivity contribution in [3.8, 4) is 0 Å². The fourth-order valence-electron chi connectivity index (χ4n) is 1.41. The summed E-state index contributed by atoms with van der Waals surface area (Å²) in [5, 5.41) is 0. The minimum atomic E-state index is -4.39. The molecular weight excluding hydrogens is 303 g/mol. The Kier molecular flexibility index (Phi) is 5.23. The van der Waals surface area contributed by atoms with Gasteiger partial charge in [-0.25, -0.2) is 12.7 Å². The van der Waals surface area contributed by atoms with Gasteiger partial charge in [0, 0.05) is 19.5 Å². The number of nitrogens with zero attached hydrogens (tertiary/aromatic N) is 1. The first-order valence-electron chi connectivity index (χ1n) is 5.33. The molecule has 0 unspecified atom stereocenters. The van der Waals surface area contributed by atoms with Gasteiger partial charge in [0.25, 0.3) is 0 Å². The summed E-state index contributed by atoms with van der Waals surface area (Å²) in [6.07, 6.45) is -4.39. The van der Waals surface area contributed by atoms with Crippen LogP contribution in [0.3, 0.4) is 0 Å². The van der Waals surface area contributed by atoms with E-state index < -0.39 is 21.8 Å². The molecule has 0 saturated heterocycles. The topological polar surface area (TPSA) is 37.4 Å². The van der Waals surface area contributed by atoms with Crippen molar-refractivity contribution in [2.24, 2.45) is 0 Å². The Morgan fingerprint density at radius 1 is 1.21 bits per heavy atom. The van der Waals surface area contributed by atoms with Crippen LogP contribution >= 0.6 is 11.6 Å². The number of sulfonamides is 1. The largest absolute Gasteiger partial charge is 0.416 e. The van der Waals surface area contributed by atoms with E-state index in [1.807, 2.05) is 0 Å². The molecule has 0 spiro atoms. The van der Waals surface area contributed by atoms with Crippen molar-refractivity contribution >= 4 is 21.6 Å². The van der Waals surface area contributed by atoms with E-state index in [-0.39, 0.29) is 18.2 Å². The number of rotatable bonds is 5. The quantitative estimate of drug-likeness (QED) is 0.784. The fourth-order valence-corrected chi connectivity index (χ4v) is 2.85. The van der Waals surface area contributed by atoms with Crippen LogP contribution in [0.25, 0.3) is 0 Å². The molecule has 0 bridgehead atoms. The molecule has 0 saturated carbocycles. The third-order valence-corrected chi connectivity index (χ3v) is 4.71. The molecule has 8 heteroatoms. The normalized spacial score (nSPS) is 12.9. The summed E-state index contributed by atoms with van der Waals surface area (Å²) in [7, 11) is -2.11. The van der Waals surface area contributed by atoms with Gasteiger partial charge in [-0.1, -0.05) is 12.1 Å². The average molecular weight is 316 g/mol. The van der Waals surface area contributed by atoms with Crippen molar-refractivity contribution in [2.45, 2.75) is 12.7 Å². The van der Waals surface area contributed by atoms with Crippen molar-refractivity contribution in [3.05, 3.63) is 35.4 Å². The fraction of sp³-hybridized carbons (Fsp3) is 0.455. The summed E-state index contributed by atoms with van der Waals surface area (Å²) in [5.74, 6) is -0.231. The van der Waals surface area contributed by atoms with E-state index in [1.54, 1.807) is 0 Å². The van der Waals surface area contributed by atoms with Gasteiger partial charge < -0.3 is 0 Å².